The minimum Gasteiger partial charge on any atom is -0.393 e. The summed E-state index contributed by atoms with van der Waals surface area (Å²) in [6.07, 6.45) is 10.9. The zero-order chi connectivity index (χ0) is 22.2. The standard InChI is InChI=1S/C27H42O5/c1-22-9-5-19-21(18(22)6-10-26(22,29)11-7-20-31-12-3-13-32-20)24-15-25(24,16-24)27(30)14-17(28)4-8-23(19,27)2/h17-21,28-30H,3-16H2,1-2H3/t17?,18?,19?,21?,22-,23+,24?,25?,26+,27?/m0/s1. The number of fused-ring (bicyclic) bond motifs is 5. The second kappa shape index (κ2) is 6.13. The predicted molar refractivity (Wildman–Crippen MR) is 119 cm³/mol. The molecular weight excluding hydrogens is 404 g/mol. The summed E-state index contributed by atoms with van der Waals surface area (Å²) in [5.41, 5.74) is -1.08. The molecule has 32 heavy (non-hydrogen) atoms. The van der Waals surface area contributed by atoms with Gasteiger partial charge in [-0.3, -0.25) is 0 Å². The van der Waals surface area contributed by atoms with Crippen molar-refractivity contribution in [3.63, 3.8) is 0 Å². The lowest BCUT2D eigenvalue weighted by molar-refractivity contribution is -0.236. The van der Waals surface area contributed by atoms with E-state index >= 15 is 0 Å². The van der Waals surface area contributed by atoms with E-state index in [1.165, 1.54) is 0 Å². The highest BCUT2D eigenvalue weighted by Crippen LogP contribution is 3.00. The summed E-state index contributed by atoms with van der Waals surface area (Å²) in [7, 11) is 0. The fourth-order valence-corrected chi connectivity index (χ4v) is 11.0. The third-order valence-electron chi connectivity index (χ3n) is 12.9. The number of aliphatic hydroxyl groups excluding tert-OH is 1. The molecule has 0 amide bonds. The van der Waals surface area contributed by atoms with Crippen molar-refractivity contribution in [2.75, 3.05) is 13.2 Å². The fourth-order valence-electron chi connectivity index (χ4n) is 11.0. The molecular formula is C27H42O5. The molecule has 6 aliphatic carbocycles. The van der Waals surface area contributed by atoms with Gasteiger partial charge in [-0.25, -0.2) is 0 Å². The van der Waals surface area contributed by atoms with Crippen molar-refractivity contribution >= 4 is 0 Å². The molecule has 0 aromatic heterocycles. The van der Waals surface area contributed by atoms with E-state index in [4.69, 9.17) is 9.47 Å². The maximum atomic E-state index is 12.2. The zero-order valence-electron chi connectivity index (χ0n) is 19.9. The van der Waals surface area contributed by atoms with Crippen LogP contribution in [0.3, 0.4) is 0 Å². The van der Waals surface area contributed by atoms with Crippen LogP contribution in [-0.4, -0.2) is 52.1 Å². The highest BCUT2D eigenvalue weighted by atomic mass is 16.7. The number of hydrogen-bond acceptors (Lipinski definition) is 5. The van der Waals surface area contributed by atoms with Gasteiger partial charge >= 0.3 is 0 Å². The van der Waals surface area contributed by atoms with E-state index in [1.807, 2.05) is 0 Å². The van der Waals surface area contributed by atoms with Gasteiger partial charge in [0.25, 0.3) is 0 Å². The lowest BCUT2D eigenvalue weighted by Crippen LogP contribution is -2.65. The molecule has 0 bridgehead atoms. The van der Waals surface area contributed by atoms with Crippen molar-refractivity contribution in [1.29, 1.82) is 0 Å². The monoisotopic (exact) mass is 446 g/mol. The molecule has 7 fully saturated rings. The molecule has 5 nitrogen and oxygen atoms in total. The van der Waals surface area contributed by atoms with E-state index < -0.39 is 11.2 Å². The van der Waals surface area contributed by atoms with Gasteiger partial charge in [0.1, 0.15) is 0 Å². The summed E-state index contributed by atoms with van der Waals surface area (Å²) in [6.45, 7) is 6.30. The first-order valence-electron chi connectivity index (χ1n) is 13.5. The van der Waals surface area contributed by atoms with E-state index in [0.29, 0.717) is 29.6 Å². The Morgan fingerprint density at radius 1 is 0.875 bits per heavy atom. The molecule has 1 heterocycles. The van der Waals surface area contributed by atoms with Gasteiger partial charge in [-0.1, -0.05) is 13.8 Å². The molecule has 180 valence electrons. The molecule has 0 radical (unpaired) electrons. The summed E-state index contributed by atoms with van der Waals surface area (Å²) in [5.74, 6) is 1.72. The number of aliphatic hydroxyl groups is 3. The van der Waals surface area contributed by atoms with Gasteiger partial charge in [0.15, 0.2) is 6.29 Å². The Balaban J connectivity index is 1.19. The van der Waals surface area contributed by atoms with Crippen LogP contribution in [0.2, 0.25) is 0 Å². The van der Waals surface area contributed by atoms with Crippen molar-refractivity contribution < 1.29 is 24.8 Å². The first-order chi connectivity index (χ1) is 15.1. The lowest BCUT2D eigenvalue weighted by Gasteiger charge is -2.64. The average Bonchev–Trinajstić information content (AvgIpc) is 3.60. The Morgan fingerprint density at radius 3 is 2.28 bits per heavy atom. The van der Waals surface area contributed by atoms with Gasteiger partial charge in [-0.2, -0.15) is 0 Å². The second-order valence-electron chi connectivity index (χ2n) is 13.6. The van der Waals surface area contributed by atoms with Crippen molar-refractivity contribution in [2.24, 2.45) is 39.4 Å². The summed E-state index contributed by atoms with van der Waals surface area (Å²) in [6, 6.07) is 0. The Labute approximate surface area is 192 Å². The van der Waals surface area contributed by atoms with E-state index in [9.17, 15) is 15.3 Å². The van der Waals surface area contributed by atoms with Gasteiger partial charge < -0.3 is 24.8 Å². The lowest BCUT2D eigenvalue weighted by atomic mass is 9.43. The summed E-state index contributed by atoms with van der Waals surface area (Å²) >= 11 is 0. The molecule has 5 unspecified atom stereocenters. The average molecular weight is 447 g/mol. The summed E-state index contributed by atoms with van der Waals surface area (Å²) in [4.78, 5) is 0. The van der Waals surface area contributed by atoms with E-state index in [-0.39, 0.29) is 28.6 Å². The minimum atomic E-state index is -0.683. The van der Waals surface area contributed by atoms with Crippen LogP contribution < -0.4 is 0 Å². The SMILES string of the molecule is C[C@]12CCC3C(C1CC[C@@]2(O)CCC1OCCCO1)C12CC1(C2)C1(O)CC(O)CC[C@]31C. The Kier molecular flexibility index (Phi) is 4.04. The third-order valence-corrected chi connectivity index (χ3v) is 12.9. The van der Waals surface area contributed by atoms with Crippen molar-refractivity contribution in [3.8, 4) is 0 Å². The molecule has 3 N–H and O–H groups in total. The van der Waals surface area contributed by atoms with Crippen molar-refractivity contribution in [2.45, 2.75) is 114 Å². The normalized spacial score (nSPS) is 62.9. The molecule has 8 atom stereocenters. The Morgan fingerprint density at radius 2 is 1.53 bits per heavy atom. The van der Waals surface area contributed by atoms with Gasteiger partial charge in [-0.05, 0) is 92.8 Å². The highest BCUT2D eigenvalue weighted by molar-refractivity contribution is 5.46. The van der Waals surface area contributed by atoms with Gasteiger partial charge in [0, 0.05) is 23.7 Å². The molecule has 0 aromatic carbocycles. The molecule has 1 aliphatic heterocycles. The van der Waals surface area contributed by atoms with Crippen LogP contribution in [0.5, 0.6) is 0 Å². The minimum absolute atomic E-state index is 0.0471. The third kappa shape index (κ3) is 2.17. The first kappa shape index (κ1) is 21.1. The molecule has 6 saturated carbocycles. The van der Waals surface area contributed by atoms with Crippen molar-refractivity contribution in [1.82, 2.24) is 0 Å². The largest absolute Gasteiger partial charge is 0.393 e. The van der Waals surface area contributed by atoms with Crippen LogP contribution in [0.15, 0.2) is 0 Å². The second-order valence-corrected chi connectivity index (χ2v) is 13.6. The number of rotatable bonds is 3. The predicted octanol–water partition coefficient (Wildman–Crippen LogP) is 3.78. The van der Waals surface area contributed by atoms with Gasteiger partial charge in [0.2, 0.25) is 0 Å². The van der Waals surface area contributed by atoms with Crippen LogP contribution in [0.4, 0.5) is 0 Å². The first-order valence-corrected chi connectivity index (χ1v) is 13.5. The molecule has 7 rings (SSSR count). The maximum Gasteiger partial charge on any atom is 0.157 e. The van der Waals surface area contributed by atoms with E-state index in [0.717, 1.165) is 83.8 Å². The molecule has 1 saturated heterocycles. The number of ether oxygens (including phenoxy) is 2. The van der Waals surface area contributed by atoms with Gasteiger partial charge in [-0.15, -0.1) is 0 Å². The Bertz CT molecular complexity index is 817. The van der Waals surface area contributed by atoms with Crippen LogP contribution in [0.25, 0.3) is 0 Å². The molecule has 0 aromatic rings. The topological polar surface area (TPSA) is 79.2 Å². The molecule has 0 spiro atoms. The summed E-state index contributed by atoms with van der Waals surface area (Å²) in [5, 5.41) is 34.7. The van der Waals surface area contributed by atoms with E-state index in [2.05, 4.69) is 13.8 Å². The van der Waals surface area contributed by atoms with Crippen molar-refractivity contribution in [3.05, 3.63) is 0 Å². The Hall–Kier alpha value is -0.200. The smallest absolute Gasteiger partial charge is 0.157 e. The van der Waals surface area contributed by atoms with Crippen LogP contribution in [0, 0.1) is 39.4 Å². The van der Waals surface area contributed by atoms with Gasteiger partial charge in [0.05, 0.1) is 30.5 Å². The molecule has 5 heteroatoms. The fraction of sp³-hybridized carbons (Fsp3) is 1.00. The van der Waals surface area contributed by atoms with Crippen LogP contribution in [0.1, 0.15) is 90.9 Å². The number of hydrogen-bond donors (Lipinski definition) is 3. The summed E-state index contributed by atoms with van der Waals surface area (Å²) < 4.78 is 11.6. The zero-order valence-corrected chi connectivity index (χ0v) is 19.9. The van der Waals surface area contributed by atoms with Crippen LogP contribution >= 0.6 is 0 Å². The maximum absolute atomic E-state index is 12.2. The quantitative estimate of drug-likeness (QED) is 0.615. The molecule has 7 aliphatic rings. The van der Waals surface area contributed by atoms with Crippen LogP contribution in [-0.2, 0) is 9.47 Å². The highest BCUT2D eigenvalue weighted by Gasteiger charge is 2.98. The van der Waals surface area contributed by atoms with E-state index in [1.54, 1.807) is 0 Å².